The van der Waals surface area contributed by atoms with Crippen LogP contribution in [-0.2, 0) is 4.79 Å². The minimum Gasteiger partial charge on any atom is -0.481 e. The number of nitrogens with zero attached hydrogens (tertiary/aromatic N) is 2. The molecule has 2 aromatic heterocycles. The molecule has 0 radical (unpaired) electrons. The molecule has 0 aliphatic rings. The Hall–Kier alpha value is -2.69. The number of carbonyl (C=O) groups is 1. The summed E-state index contributed by atoms with van der Waals surface area (Å²) >= 11 is 0. The molecular formula is C15H12N2O3. The molecule has 0 fully saturated rings. The number of hydrogen-bond donors (Lipinski definition) is 1. The fraction of sp³-hybridized carbons (Fsp3) is 0.133. The number of carboxylic acid groups (broad SMARTS) is 1. The fourth-order valence-corrected chi connectivity index (χ4v) is 1.96. The monoisotopic (exact) mass is 268 g/mol. The molecule has 2 heterocycles. The number of pyridine rings is 1. The van der Waals surface area contributed by atoms with Crippen LogP contribution in [0.1, 0.15) is 18.4 Å². The standard InChI is InChI=1S/C15H12N2O3/c1-9(15(18)19)10-5-6-13-12(8-10)17-14(20-13)11-4-2-3-7-16-11/h2-9H,1H3,(H,18,19)/t9-/m0/s1. The van der Waals surface area contributed by atoms with Crippen LogP contribution in [0.3, 0.4) is 0 Å². The van der Waals surface area contributed by atoms with Crippen LogP contribution in [0.15, 0.2) is 47.0 Å². The average Bonchev–Trinajstić information content (AvgIpc) is 2.90. The highest BCUT2D eigenvalue weighted by Crippen LogP contribution is 2.26. The zero-order valence-corrected chi connectivity index (χ0v) is 10.8. The SMILES string of the molecule is C[C@H](C(=O)O)c1ccc2oc(-c3ccccn3)nc2c1. The van der Waals surface area contributed by atoms with Crippen LogP contribution >= 0.6 is 0 Å². The molecule has 0 saturated carbocycles. The normalized spacial score (nSPS) is 12.4. The van der Waals surface area contributed by atoms with E-state index in [0.717, 1.165) is 0 Å². The summed E-state index contributed by atoms with van der Waals surface area (Å²) in [5.41, 5.74) is 2.60. The molecule has 100 valence electrons. The van der Waals surface area contributed by atoms with E-state index in [4.69, 9.17) is 9.52 Å². The molecule has 5 nitrogen and oxygen atoms in total. The summed E-state index contributed by atoms with van der Waals surface area (Å²) in [7, 11) is 0. The molecule has 0 bridgehead atoms. The quantitative estimate of drug-likeness (QED) is 0.790. The van der Waals surface area contributed by atoms with Crippen LogP contribution in [0.2, 0.25) is 0 Å². The molecule has 1 aromatic carbocycles. The molecule has 0 aliphatic heterocycles. The number of fused-ring (bicyclic) bond motifs is 1. The second kappa shape index (κ2) is 4.77. The van der Waals surface area contributed by atoms with E-state index in [1.54, 1.807) is 31.3 Å². The number of benzene rings is 1. The Morgan fingerprint density at radius 1 is 1.30 bits per heavy atom. The van der Waals surface area contributed by atoms with Crippen LogP contribution in [-0.4, -0.2) is 21.0 Å². The summed E-state index contributed by atoms with van der Waals surface area (Å²) in [6, 6.07) is 10.7. The second-order valence-electron chi connectivity index (χ2n) is 4.52. The molecule has 1 atom stereocenters. The predicted molar refractivity (Wildman–Crippen MR) is 73.3 cm³/mol. The maximum absolute atomic E-state index is 11.0. The van der Waals surface area contributed by atoms with Crippen molar-refractivity contribution in [3.63, 3.8) is 0 Å². The second-order valence-corrected chi connectivity index (χ2v) is 4.52. The van der Waals surface area contributed by atoms with Crippen molar-refractivity contribution >= 4 is 17.1 Å². The van der Waals surface area contributed by atoms with Crippen molar-refractivity contribution in [1.82, 2.24) is 9.97 Å². The van der Waals surface area contributed by atoms with E-state index in [2.05, 4.69) is 9.97 Å². The molecule has 0 spiro atoms. The zero-order chi connectivity index (χ0) is 14.1. The molecule has 1 N–H and O–H groups in total. The Balaban J connectivity index is 2.06. The van der Waals surface area contributed by atoms with Crippen LogP contribution < -0.4 is 0 Å². The number of oxazole rings is 1. The van der Waals surface area contributed by atoms with Crippen molar-refractivity contribution in [3.05, 3.63) is 48.2 Å². The van der Waals surface area contributed by atoms with Gasteiger partial charge in [-0.2, -0.15) is 0 Å². The van der Waals surface area contributed by atoms with Gasteiger partial charge in [0.05, 0.1) is 5.92 Å². The highest BCUT2D eigenvalue weighted by atomic mass is 16.4. The number of aromatic nitrogens is 2. The van der Waals surface area contributed by atoms with E-state index in [9.17, 15) is 4.79 Å². The smallest absolute Gasteiger partial charge is 0.310 e. The van der Waals surface area contributed by atoms with Crippen molar-refractivity contribution < 1.29 is 14.3 Å². The highest BCUT2D eigenvalue weighted by molar-refractivity contribution is 5.80. The first kappa shape index (κ1) is 12.3. The van der Waals surface area contributed by atoms with Gasteiger partial charge in [-0.15, -0.1) is 0 Å². The summed E-state index contributed by atoms with van der Waals surface area (Å²) in [5.74, 6) is -1.01. The number of aliphatic carboxylic acids is 1. The lowest BCUT2D eigenvalue weighted by atomic mass is 10.0. The van der Waals surface area contributed by atoms with Gasteiger partial charge >= 0.3 is 5.97 Å². The van der Waals surface area contributed by atoms with Crippen molar-refractivity contribution in [2.75, 3.05) is 0 Å². The third kappa shape index (κ3) is 2.14. The van der Waals surface area contributed by atoms with E-state index < -0.39 is 11.9 Å². The van der Waals surface area contributed by atoms with Gasteiger partial charge < -0.3 is 9.52 Å². The lowest BCUT2D eigenvalue weighted by Gasteiger charge is -2.04. The number of rotatable bonds is 3. The van der Waals surface area contributed by atoms with Gasteiger partial charge in [0, 0.05) is 6.20 Å². The molecule has 20 heavy (non-hydrogen) atoms. The average molecular weight is 268 g/mol. The molecule has 0 aliphatic carbocycles. The third-order valence-electron chi connectivity index (χ3n) is 3.17. The van der Waals surface area contributed by atoms with Crippen LogP contribution in [0.5, 0.6) is 0 Å². The van der Waals surface area contributed by atoms with Crippen molar-refractivity contribution in [2.24, 2.45) is 0 Å². The molecule has 3 rings (SSSR count). The lowest BCUT2D eigenvalue weighted by molar-refractivity contribution is -0.138. The Morgan fingerprint density at radius 2 is 2.15 bits per heavy atom. The van der Waals surface area contributed by atoms with Gasteiger partial charge in [-0.3, -0.25) is 9.78 Å². The molecule has 0 unspecified atom stereocenters. The molecule has 0 saturated heterocycles. The van der Waals surface area contributed by atoms with Gasteiger partial charge in [-0.05, 0) is 36.8 Å². The van der Waals surface area contributed by atoms with E-state index in [0.29, 0.717) is 28.2 Å². The maximum Gasteiger partial charge on any atom is 0.310 e. The van der Waals surface area contributed by atoms with Gasteiger partial charge in [0.25, 0.3) is 0 Å². The van der Waals surface area contributed by atoms with Crippen LogP contribution in [0.4, 0.5) is 0 Å². The van der Waals surface area contributed by atoms with Crippen LogP contribution in [0, 0.1) is 0 Å². The molecular weight excluding hydrogens is 256 g/mol. The van der Waals surface area contributed by atoms with Crippen LogP contribution in [0.25, 0.3) is 22.7 Å². The van der Waals surface area contributed by atoms with E-state index in [-0.39, 0.29) is 0 Å². The molecule has 3 aromatic rings. The Bertz CT molecular complexity index is 765. The minimum atomic E-state index is -0.863. The first-order valence-electron chi connectivity index (χ1n) is 6.20. The van der Waals surface area contributed by atoms with E-state index in [1.165, 1.54) is 0 Å². The fourth-order valence-electron chi connectivity index (χ4n) is 1.96. The van der Waals surface area contributed by atoms with Crippen molar-refractivity contribution in [1.29, 1.82) is 0 Å². The topological polar surface area (TPSA) is 76.2 Å². The molecule has 5 heteroatoms. The summed E-state index contributed by atoms with van der Waals surface area (Å²) in [4.78, 5) is 19.6. The Kier molecular flexibility index (Phi) is 2.95. The van der Waals surface area contributed by atoms with E-state index >= 15 is 0 Å². The van der Waals surface area contributed by atoms with Gasteiger partial charge in [-0.1, -0.05) is 12.1 Å². The lowest BCUT2D eigenvalue weighted by Crippen LogP contribution is -2.06. The Labute approximate surface area is 114 Å². The van der Waals surface area contributed by atoms with Gasteiger partial charge in [0.2, 0.25) is 5.89 Å². The minimum absolute atomic E-state index is 0.431. The Morgan fingerprint density at radius 3 is 2.85 bits per heavy atom. The number of carboxylic acids is 1. The summed E-state index contributed by atoms with van der Waals surface area (Å²) in [5, 5.41) is 9.04. The predicted octanol–water partition coefficient (Wildman–Crippen LogP) is 3.08. The van der Waals surface area contributed by atoms with E-state index in [1.807, 2.05) is 18.2 Å². The first-order valence-corrected chi connectivity index (χ1v) is 6.20. The third-order valence-corrected chi connectivity index (χ3v) is 3.17. The zero-order valence-electron chi connectivity index (χ0n) is 10.8. The largest absolute Gasteiger partial charge is 0.481 e. The van der Waals surface area contributed by atoms with Gasteiger partial charge in [-0.25, -0.2) is 4.98 Å². The maximum atomic E-state index is 11.0. The summed E-state index contributed by atoms with van der Waals surface area (Å²) in [6.45, 7) is 1.64. The van der Waals surface area contributed by atoms with Crippen molar-refractivity contribution in [2.45, 2.75) is 12.8 Å². The van der Waals surface area contributed by atoms with Gasteiger partial charge in [0.1, 0.15) is 11.2 Å². The summed E-state index contributed by atoms with van der Waals surface area (Å²) in [6.07, 6.45) is 1.67. The van der Waals surface area contributed by atoms with Gasteiger partial charge in [0.15, 0.2) is 5.58 Å². The number of hydrogen-bond acceptors (Lipinski definition) is 4. The highest BCUT2D eigenvalue weighted by Gasteiger charge is 2.16. The molecule has 0 amide bonds. The summed E-state index contributed by atoms with van der Waals surface area (Å²) < 4.78 is 5.63. The first-order chi connectivity index (χ1) is 9.65. The van der Waals surface area contributed by atoms with Crippen molar-refractivity contribution in [3.8, 4) is 11.6 Å².